The molecule has 0 spiro atoms. The summed E-state index contributed by atoms with van der Waals surface area (Å²) < 4.78 is 18.1. The molecule has 0 unspecified atom stereocenters. The van der Waals surface area contributed by atoms with Crippen LogP contribution >= 0.6 is 11.6 Å². The van der Waals surface area contributed by atoms with E-state index in [1.54, 1.807) is 12.1 Å². The van der Waals surface area contributed by atoms with E-state index in [1.807, 2.05) is 18.2 Å². The maximum absolute atomic E-state index is 12.9. The van der Waals surface area contributed by atoms with Crippen LogP contribution in [0.2, 0.25) is 5.02 Å². The van der Waals surface area contributed by atoms with E-state index >= 15 is 0 Å². The predicted octanol–water partition coefficient (Wildman–Crippen LogP) is 3.17. The van der Waals surface area contributed by atoms with Crippen molar-refractivity contribution in [3.05, 3.63) is 64.9 Å². The van der Waals surface area contributed by atoms with Crippen LogP contribution in [0.4, 0.5) is 4.39 Å². The highest BCUT2D eigenvalue weighted by atomic mass is 35.5. The molecule has 0 aliphatic carbocycles. The quantitative estimate of drug-likeness (QED) is 0.919. The van der Waals surface area contributed by atoms with Crippen LogP contribution in [0.5, 0.6) is 5.75 Å². The van der Waals surface area contributed by atoms with Gasteiger partial charge in [-0.25, -0.2) is 4.39 Å². The molecule has 2 aromatic rings. The second-order valence-electron chi connectivity index (χ2n) is 4.11. The zero-order valence-electron chi connectivity index (χ0n) is 10.6. The number of nitrogens with one attached hydrogen (secondary N) is 1. The lowest BCUT2D eigenvalue weighted by Crippen LogP contribution is -2.28. The molecule has 2 aromatic carbocycles. The summed E-state index contributed by atoms with van der Waals surface area (Å²) in [7, 11) is 0. The van der Waals surface area contributed by atoms with Crippen molar-refractivity contribution < 1.29 is 13.9 Å². The summed E-state index contributed by atoms with van der Waals surface area (Å²) >= 11 is 5.97. The van der Waals surface area contributed by atoms with Gasteiger partial charge in [0.15, 0.2) is 6.61 Å². The first-order valence-electron chi connectivity index (χ1n) is 6.03. The molecule has 5 heteroatoms. The average Bonchev–Trinajstić information content (AvgIpc) is 2.44. The number of carbonyl (C=O) groups is 1. The van der Waals surface area contributed by atoms with Gasteiger partial charge in [-0.1, -0.05) is 35.9 Å². The van der Waals surface area contributed by atoms with Gasteiger partial charge in [-0.05, 0) is 23.8 Å². The first-order valence-corrected chi connectivity index (χ1v) is 6.41. The molecule has 0 aliphatic rings. The summed E-state index contributed by atoms with van der Waals surface area (Å²) in [5.41, 5.74) is 0.827. The van der Waals surface area contributed by atoms with Crippen LogP contribution in [0, 0.1) is 5.82 Å². The minimum Gasteiger partial charge on any atom is -0.484 e. The zero-order chi connectivity index (χ0) is 14.4. The number of rotatable bonds is 5. The van der Waals surface area contributed by atoms with Crippen LogP contribution in [0.15, 0.2) is 48.5 Å². The van der Waals surface area contributed by atoms with Gasteiger partial charge in [-0.2, -0.15) is 0 Å². The van der Waals surface area contributed by atoms with Gasteiger partial charge in [0, 0.05) is 17.6 Å². The van der Waals surface area contributed by atoms with Crippen LogP contribution in [0.3, 0.4) is 0 Å². The first kappa shape index (κ1) is 14.3. The van der Waals surface area contributed by atoms with Crippen molar-refractivity contribution in [3.8, 4) is 5.75 Å². The Bertz CT molecular complexity index is 604. The normalized spacial score (nSPS) is 10.1. The molecule has 0 atom stereocenters. The van der Waals surface area contributed by atoms with Gasteiger partial charge < -0.3 is 10.1 Å². The first-order chi connectivity index (χ1) is 9.65. The third-order valence-electron chi connectivity index (χ3n) is 2.60. The Morgan fingerprint density at radius 2 is 2.00 bits per heavy atom. The predicted molar refractivity (Wildman–Crippen MR) is 75.2 cm³/mol. The van der Waals surface area contributed by atoms with E-state index < -0.39 is 5.82 Å². The molecule has 1 N–H and O–H groups in total. The van der Waals surface area contributed by atoms with Crippen LogP contribution in [-0.4, -0.2) is 12.5 Å². The van der Waals surface area contributed by atoms with Gasteiger partial charge in [0.1, 0.15) is 11.6 Å². The van der Waals surface area contributed by atoms with Gasteiger partial charge in [0.25, 0.3) is 5.91 Å². The highest BCUT2D eigenvalue weighted by molar-refractivity contribution is 6.31. The van der Waals surface area contributed by atoms with Gasteiger partial charge in [0.05, 0.1) is 0 Å². The molecule has 3 nitrogen and oxygen atoms in total. The average molecular weight is 294 g/mol. The molecule has 0 radical (unpaired) electrons. The Labute approximate surface area is 121 Å². The summed E-state index contributed by atoms with van der Waals surface area (Å²) in [5, 5.41) is 3.28. The second kappa shape index (κ2) is 6.91. The molecule has 104 valence electrons. The van der Waals surface area contributed by atoms with E-state index in [1.165, 1.54) is 18.2 Å². The smallest absolute Gasteiger partial charge is 0.258 e. The molecular formula is C15H13ClFNO2. The number of benzene rings is 2. The summed E-state index contributed by atoms with van der Waals surface area (Å²) in [6.45, 7) is 0.152. The number of carbonyl (C=O) groups excluding carboxylic acids is 1. The third-order valence-corrected chi connectivity index (χ3v) is 2.97. The number of amides is 1. The lowest BCUT2D eigenvalue weighted by Gasteiger charge is -2.08. The second-order valence-corrected chi connectivity index (χ2v) is 4.52. The fourth-order valence-electron chi connectivity index (χ4n) is 1.59. The Hall–Kier alpha value is -2.07. The Morgan fingerprint density at radius 1 is 1.20 bits per heavy atom. The number of ether oxygens (including phenoxy) is 1. The molecule has 0 saturated heterocycles. The summed E-state index contributed by atoms with van der Waals surface area (Å²) in [6.07, 6.45) is 0. The van der Waals surface area contributed by atoms with Gasteiger partial charge in [0.2, 0.25) is 0 Å². The monoisotopic (exact) mass is 293 g/mol. The standard InChI is InChI=1S/C15H13ClFNO2/c16-14-7-2-1-4-11(14)9-18-15(19)10-20-13-6-3-5-12(17)8-13/h1-8H,9-10H2,(H,18,19). The molecule has 1 amide bonds. The van der Waals surface area contributed by atoms with Crippen LogP contribution < -0.4 is 10.1 Å². The minimum absolute atomic E-state index is 0.173. The van der Waals surface area contributed by atoms with Crippen LogP contribution in [-0.2, 0) is 11.3 Å². The van der Waals surface area contributed by atoms with E-state index in [-0.39, 0.29) is 12.5 Å². The largest absolute Gasteiger partial charge is 0.484 e. The van der Waals surface area contributed by atoms with Crippen LogP contribution in [0.1, 0.15) is 5.56 Å². The fourth-order valence-corrected chi connectivity index (χ4v) is 1.79. The van der Waals surface area contributed by atoms with E-state index in [4.69, 9.17) is 16.3 Å². The Balaban J connectivity index is 1.80. The van der Waals surface area contributed by atoms with Crippen LogP contribution in [0.25, 0.3) is 0 Å². The third kappa shape index (κ3) is 4.24. The number of hydrogen-bond acceptors (Lipinski definition) is 2. The molecule has 0 aromatic heterocycles. The number of halogens is 2. The van der Waals surface area contributed by atoms with Gasteiger partial charge >= 0.3 is 0 Å². The Kier molecular flexibility index (Phi) is 4.96. The molecule has 2 rings (SSSR count). The molecule has 0 saturated carbocycles. The van der Waals surface area contributed by atoms with Crippen molar-refractivity contribution in [2.45, 2.75) is 6.54 Å². The minimum atomic E-state index is -0.404. The summed E-state index contributed by atoms with van der Waals surface area (Å²) in [4.78, 5) is 11.6. The fraction of sp³-hybridized carbons (Fsp3) is 0.133. The van der Waals surface area contributed by atoms with Crippen molar-refractivity contribution in [2.24, 2.45) is 0 Å². The van der Waals surface area contributed by atoms with E-state index in [9.17, 15) is 9.18 Å². The molecule has 0 heterocycles. The van der Waals surface area contributed by atoms with E-state index in [0.717, 1.165) is 5.56 Å². The van der Waals surface area contributed by atoms with Crippen molar-refractivity contribution >= 4 is 17.5 Å². The highest BCUT2D eigenvalue weighted by Crippen LogP contribution is 2.14. The lowest BCUT2D eigenvalue weighted by atomic mass is 10.2. The van der Waals surface area contributed by atoms with Gasteiger partial charge in [-0.15, -0.1) is 0 Å². The molecule has 0 bridgehead atoms. The maximum Gasteiger partial charge on any atom is 0.258 e. The summed E-state index contributed by atoms with van der Waals surface area (Å²) in [5.74, 6) is -0.383. The number of hydrogen-bond donors (Lipinski definition) is 1. The lowest BCUT2D eigenvalue weighted by molar-refractivity contribution is -0.123. The van der Waals surface area contributed by atoms with Crippen molar-refractivity contribution in [2.75, 3.05) is 6.61 Å². The zero-order valence-corrected chi connectivity index (χ0v) is 11.4. The van der Waals surface area contributed by atoms with E-state index in [2.05, 4.69) is 5.32 Å². The topological polar surface area (TPSA) is 38.3 Å². The maximum atomic E-state index is 12.9. The van der Waals surface area contributed by atoms with Crippen molar-refractivity contribution in [1.29, 1.82) is 0 Å². The summed E-state index contributed by atoms with van der Waals surface area (Å²) in [6, 6.07) is 12.9. The van der Waals surface area contributed by atoms with Crippen molar-refractivity contribution in [1.82, 2.24) is 5.32 Å². The SMILES string of the molecule is O=C(COc1cccc(F)c1)NCc1ccccc1Cl. The van der Waals surface area contributed by atoms with Crippen molar-refractivity contribution in [3.63, 3.8) is 0 Å². The molecule has 0 aliphatic heterocycles. The van der Waals surface area contributed by atoms with E-state index in [0.29, 0.717) is 17.3 Å². The van der Waals surface area contributed by atoms with Gasteiger partial charge in [-0.3, -0.25) is 4.79 Å². The molecule has 20 heavy (non-hydrogen) atoms. The Morgan fingerprint density at radius 3 is 2.75 bits per heavy atom. The molecular weight excluding hydrogens is 281 g/mol. The highest BCUT2D eigenvalue weighted by Gasteiger charge is 2.05. The molecule has 0 fully saturated rings.